The Labute approximate surface area is 142 Å². The molecule has 0 heterocycles. The minimum absolute atomic E-state index is 0.304. The maximum atomic E-state index is 12.6. The first kappa shape index (κ1) is 17.9. The molecule has 24 heavy (non-hydrogen) atoms. The molecule has 0 bridgehead atoms. The number of nitrogens with one attached hydrogen (secondary N) is 1. The molecule has 2 rings (SSSR count). The number of carbonyl (C=O) groups is 1. The van der Waals surface area contributed by atoms with E-state index in [1.165, 1.54) is 0 Å². The van der Waals surface area contributed by atoms with Gasteiger partial charge >= 0.3 is 0 Å². The second-order valence-electron chi connectivity index (χ2n) is 5.60. The molecule has 1 saturated carbocycles. The summed E-state index contributed by atoms with van der Waals surface area (Å²) in [7, 11) is 0. The van der Waals surface area contributed by atoms with Gasteiger partial charge in [-0.1, -0.05) is 0 Å². The lowest BCUT2D eigenvalue weighted by Gasteiger charge is -2.35. The summed E-state index contributed by atoms with van der Waals surface area (Å²) >= 11 is 0. The first-order valence-corrected chi connectivity index (χ1v) is 8.39. The molecule has 0 spiro atoms. The van der Waals surface area contributed by atoms with Gasteiger partial charge in [0.15, 0.2) is 11.5 Å². The van der Waals surface area contributed by atoms with Gasteiger partial charge in [0.25, 0.3) is 5.91 Å². The Kier molecular flexibility index (Phi) is 5.91. The van der Waals surface area contributed by atoms with E-state index in [4.69, 9.17) is 14.2 Å². The Morgan fingerprint density at radius 3 is 2.04 bits per heavy atom. The molecule has 1 aromatic carbocycles. The van der Waals surface area contributed by atoms with Crippen LogP contribution in [0.5, 0.6) is 17.2 Å². The van der Waals surface area contributed by atoms with Crippen LogP contribution in [0.15, 0.2) is 12.1 Å². The van der Waals surface area contributed by atoms with Gasteiger partial charge in [-0.3, -0.25) is 4.79 Å². The van der Waals surface area contributed by atoms with Crippen LogP contribution in [-0.4, -0.2) is 31.3 Å². The number of benzene rings is 1. The zero-order valence-corrected chi connectivity index (χ0v) is 14.5. The Balaban J connectivity index is 2.35. The number of rotatable bonds is 8. The van der Waals surface area contributed by atoms with E-state index in [2.05, 4.69) is 11.4 Å². The number of carbonyl (C=O) groups excluding carboxylic acids is 1. The van der Waals surface area contributed by atoms with Gasteiger partial charge < -0.3 is 19.5 Å². The lowest BCUT2D eigenvalue weighted by molar-refractivity contribution is 0.0880. The van der Waals surface area contributed by atoms with Crippen molar-refractivity contribution in [1.29, 1.82) is 5.26 Å². The van der Waals surface area contributed by atoms with Gasteiger partial charge in [-0.2, -0.15) is 5.26 Å². The summed E-state index contributed by atoms with van der Waals surface area (Å²) < 4.78 is 16.9. The van der Waals surface area contributed by atoms with Crippen molar-refractivity contribution in [3.05, 3.63) is 17.7 Å². The van der Waals surface area contributed by atoms with Crippen LogP contribution in [-0.2, 0) is 0 Å². The van der Waals surface area contributed by atoms with Crippen LogP contribution in [0.3, 0.4) is 0 Å². The molecule has 0 unspecified atom stereocenters. The summed E-state index contributed by atoms with van der Waals surface area (Å²) in [5.74, 6) is 1.13. The molecule has 6 heteroatoms. The predicted molar refractivity (Wildman–Crippen MR) is 89.6 cm³/mol. The number of nitriles is 1. The van der Waals surface area contributed by atoms with Crippen molar-refractivity contribution in [1.82, 2.24) is 5.32 Å². The molecule has 0 radical (unpaired) electrons. The zero-order chi connectivity index (χ0) is 17.6. The van der Waals surface area contributed by atoms with E-state index < -0.39 is 5.54 Å². The quantitative estimate of drug-likeness (QED) is 0.791. The summed E-state index contributed by atoms with van der Waals surface area (Å²) in [4.78, 5) is 12.6. The van der Waals surface area contributed by atoms with Crippen LogP contribution >= 0.6 is 0 Å². The molecule has 1 amide bonds. The summed E-state index contributed by atoms with van der Waals surface area (Å²) in [6.45, 7) is 6.95. The Morgan fingerprint density at radius 2 is 1.67 bits per heavy atom. The highest BCUT2D eigenvalue weighted by atomic mass is 16.5. The standard InChI is InChI=1S/C18H24N2O4/c1-4-22-14-10-13(11-15(23-5-2)16(14)24-6-3)17(21)20-18(12-19)8-7-9-18/h10-11H,4-9H2,1-3H3,(H,20,21). The van der Waals surface area contributed by atoms with Crippen LogP contribution in [0.25, 0.3) is 0 Å². The average Bonchev–Trinajstić information content (AvgIpc) is 2.54. The van der Waals surface area contributed by atoms with E-state index in [-0.39, 0.29) is 5.91 Å². The topological polar surface area (TPSA) is 80.6 Å². The molecule has 1 aromatic rings. The van der Waals surface area contributed by atoms with Gasteiger partial charge in [0, 0.05) is 5.56 Å². The number of hydrogen-bond donors (Lipinski definition) is 1. The van der Waals surface area contributed by atoms with E-state index in [1.54, 1.807) is 12.1 Å². The van der Waals surface area contributed by atoms with Crippen molar-refractivity contribution in [3.8, 4) is 23.3 Å². The lowest BCUT2D eigenvalue weighted by Crippen LogP contribution is -2.52. The summed E-state index contributed by atoms with van der Waals surface area (Å²) in [5, 5.41) is 12.1. The van der Waals surface area contributed by atoms with Gasteiger partial charge in [-0.05, 0) is 52.2 Å². The minimum atomic E-state index is -0.743. The smallest absolute Gasteiger partial charge is 0.252 e. The highest BCUT2D eigenvalue weighted by Gasteiger charge is 2.39. The first-order chi connectivity index (χ1) is 11.6. The zero-order valence-electron chi connectivity index (χ0n) is 14.5. The molecule has 1 fully saturated rings. The molecular formula is C18H24N2O4. The molecule has 1 N–H and O–H groups in total. The van der Waals surface area contributed by atoms with Gasteiger partial charge in [0.05, 0.1) is 25.9 Å². The molecule has 1 aliphatic carbocycles. The van der Waals surface area contributed by atoms with Crippen LogP contribution in [0.2, 0.25) is 0 Å². The van der Waals surface area contributed by atoms with Crippen molar-refractivity contribution in [2.45, 2.75) is 45.6 Å². The molecule has 0 aromatic heterocycles. The van der Waals surface area contributed by atoms with E-state index in [9.17, 15) is 10.1 Å². The van der Waals surface area contributed by atoms with Crippen molar-refractivity contribution in [3.63, 3.8) is 0 Å². The average molecular weight is 332 g/mol. The van der Waals surface area contributed by atoms with E-state index in [1.807, 2.05) is 20.8 Å². The summed E-state index contributed by atoms with van der Waals surface area (Å²) in [5.41, 5.74) is -0.348. The third-order valence-electron chi connectivity index (χ3n) is 3.95. The van der Waals surface area contributed by atoms with Gasteiger partial charge in [-0.15, -0.1) is 0 Å². The number of nitrogens with zero attached hydrogens (tertiary/aromatic N) is 1. The Morgan fingerprint density at radius 1 is 1.12 bits per heavy atom. The third kappa shape index (κ3) is 3.73. The first-order valence-electron chi connectivity index (χ1n) is 8.39. The van der Waals surface area contributed by atoms with Crippen LogP contribution in [0.4, 0.5) is 0 Å². The highest BCUT2D eigenvalue weighted by molar-refractivity contribution is 5.96. The van der Waals surface area contributed by atoms with Crippen molar-refractivity contribution in [2.75, 3.05) is 19.8 Å². The Bertz CT molecular complexity index is 605. The molecule has 1 aliphatic rings. The Hall–Kier alpha value is -2.42. The largest absolute Gasteiger partial charge is 0.490 e. The SMILES string of the molecule is CCOc1cc(C(=O)NC2(C#N)CCC2)cc(OCC)c1OCC. The summed E-state index contributed by atoms with van der Waals surface area (Å²) in [6, 6.07) is 5.48. The van der Waals surface area contributed by atoms with Gasteiger partial charge in [0.1, 0.15) is 5.54 Å². The summed E-state index contributed by atoms with van der Waals surface area (Å²) in [6.07, 6.45) is 2.32. The number of hydrogen-bond acceptors (Lipinski definition) is 5. The van der Waals surface area contributed by atoms with Crippen molar-refractivity contribution < 1.29 is 19.0 Å². The van der Waals surface area contributed by atoms with E-state index in [0.717, 1.165) is 6.42 Å². The molecule has 6 nitrogen and oxygen atoms in total. The monoisotopic (exact) mass is 332 g/mol. The fourth-order valence-electron chi connectivity index (χ4n) is 2.60. The van der Waals surface area contributed by atoms with Gasteiger partial charge in [0.2, 0.25) is 5.75 Å². The molecular weight excluding hydrogens is 308 g/mol. The molecule has 0 saturated heterocycles. The fraction of sp³-hybridized carbons (Fsp3) is 0.556. The van der Waals surface area contributed by atoms with Crippen molar-refractivity contribution in [2.24, 2.45) is 0 Å². The maximum absolute atomic E-state index is 12.6. The van der Waals surface area contributed by atoms with Gasteiger partial charge in [-0.25, -0.2) is 0 Å². The van der Waals surface area contributed by atoms with Crippen LogP contribution in [0, 0.1) is 11.3 Å². The fourth-order valence-corrected chi connectivity index (χ4v) is 2.60. The predicted octanol–water partition coefficient (Wildman–Crippen LogP) is 3.06. The van der Waals surface area contributed by atoms with E-state index in [0.29, 0.717) is 55.5 Å². The molecule has 130 valence electrons. The lowest BCUT2D eigenvalue weighted by atomic mass is 9.78. The van der Waals surface area contributed by atoms with Crippen LogP contribution < -0.4 is 19.5 Å². The minimum Gasteiger partial charge on any atom is -0.490 e. The number of ether oxygens (including phenoxy) is 3. The van der Waals surface area contributed by atoms with Crippen molar-refractivity contribution >= 4 is 5.91 Å². The number of amides is 1. The maximum Gasteiger partial charge on any atom is 0.252 e. The highest BCUT2D eigenvalue weighted by Crippen LogP contribution is 2.39. The third-order valence-corrected chi connectivity index (χ3v) is 3.95. The molecule has 0 aliphatic heterocycles. The normalized spacial score (nSPS) is 14.9. The second kappa shape index (κ2) is 7.91. The van der Waals surface area contributed by atoms with Crippen LogP contribution in [0.1, 0.15) is 50.4 Å². The second-order valence-corrected chi connectivity index (χ2v) is 5.60. The van der Waals surface area contributed by atoms with E-state index >= 15 is 0 Å². The molecule has 0 atom stereocenters.